The molecule has 0 bridgehead atoms. The van der Waals surface area contributed by atoms with Gasteiger partial charge in [-0.1, -0.05) is 20.8 Å². The molecular weight excluding hydrogens is 327 g/mol. The van der Waals surface area contributed by atoms with Crippen molar-refractivity contribution in [2.75, 3.05) is 11.9 Å². The van der Waals surface area contributed by atoms with Crippen LogP contribution in [0, 0.1) is 5.41 Å². The van der Waals surface area contributed by atoms with Gasteiger partial charge in [-0.15, -0.1) is 24.8 Å². The molecule has 126 valence electrons. The summed E-state index contributed by atoms with van der Waals surface area (Å²) in [5.74, 6) is -0.407. The molecule has 0 radical (unpaired) electrons. The number of carbonyl (C=O) groups excluding carboxylic acids is 2. The average Bonchev–Trinajstić information content (AvgIpc) is 2.37. The Morgan fingerprint density at radius 1 is 1.23 bits per heavy atom. The van der Waals surface area contributed by atoms with Crippen molar-refractivity contribution in [3.63, 3.8) is 0 Å². The van der Waals surface area contributed by atoms with Gasteiger partial charge >= 0.3 is 0 Å². The van der Waals surface area contributed by atoms with Gasteiger partial charge in [0.05, 0.1) is 6.04 Å². The number of carbonyl (C=O) groups is 2. The fourth-order valence-corrected chi connectivity index (χ4v) is 1.46. The Morgan fingerprint density at radius 2 is 1.77 bits per heavy atom. The number of hydrogen-bond acceptors (Lipinski definition) is 4. The van der Waals surface area contributed by atoms with Crippen molar-refractivity contribution in [2.45, 2.75) is 33.2 Å². The second-order valence-corrected chi connectivity index (χ2v) is 5.67. The van der Waals surface area contributed by atoms with Gasteiger partial charge < -0.3 is 16.4 Å². The number of pyridine rings is 1. The maximum atomic E-state index is 11.8. The minimum absolute atomic E-state index is 0. The summed E-state index contributed by atoms with van der Waals surface area (Å²) in [4.78, 5) is 27.3. The standard InChI is InChI=1S/C14H22N4O2.2ClH/c1-14(2,3)12(15)13(20)17-9-6-11(19)18-10-4-7-16-8-5-10;;/h4-5,7-8,12H,6,9,15H2,1-3H3,(H,17,20)(H,16,18,19);2*1H/t12-;;/m1../s1. The van der Waals surface area contributed by atoms with E-state index in [2.05, 4.69) is 15.6 Å². The van der Waals surface area contributed by atoms with E-state index in [-0.39, 0.29) is 55.0 Å². The van der Waals surface area contributed by atoms with Gasteiger partial charge in [0, 0.05) is 31.0 Å². The van der Waals surface area contributed by atoms with Crippen LogP contribution in [0.3, 0.4) is 0 Å². The van der Waals surface area contributed by atoms with Gasteiger partial charge in [-0.3, -0.25) is 14.6 Å². The van der Waals surface area contributed by atoms with Crippen LogP contribution in [0.2, 0.25) is 0 Å². The molecule has 8 heteroatoms. The van der Waals surface area contributed by atoms with Gasteiger partial charge in [-0.2, -0.15) is 0 Å². The molecule has 0 unspecified atom stereocenters. The molecule has 1 rings (SSSR count). The molecule has 6 nitrogen and oxygen atoms in total. The summed E-state index contributed by atoms with van der Waals surface area (Å²) in [6.07, 6.45) is 3.39. The fraction of sp³-hybridized carbons (Fsp3) is 0.500. The van der Waals surface area contributed by atoms with E-state index in [0.29, 0.717) is 5.69 Å². The van der Waals surface area contributed by atoms with Gasteiger partial charge in [-0.05, 0) is 17.5 Å². The third kappa shape index (κ3) is 8.17. The van der Waals surface area contributed by atoms with E-state index in [4.69, 9.17) is 5.73 Å². The smallest absolute Gasteiger partial charge is 0.237 e. The first-order chi connectivity index (χ1) is 9.30. The van der Waals surface area contributed by atoms with Crippen LogP contribution in [0.1, 0.15) is 27.2 Å². The molecule has 0 aliphatic heterocycles. The Balaban J connectivity index is 0. The SMILES string of the molecule is CC(C)(C)[C@H](N)C(=O)NCCC(=O)Nc1ccncc1.Cl.Cl. The minimum atomic E-state index is -0.592. The summed E-state index contributed by atoms with van der Waals surface area (Å²) < 4.78 is 0. The molecule has 1 aromatic rings. The van der Waals surface area contributed by atoms with Gasteiger partial charge in [-0.25, -0.2) is 0 Å². The van der Waals surface area contributed by atoms with Crippen LogP contribution in [0.5, 0.6) is 0 Å². The van der Waals surface area contributed by atoms with Gasteiger partial charge in [0.1, 0.15) is 0 Å². The number of hydrogen-bond donors (Lipinski definition) is 3. The number of aromatic nitrogens is 1. The molecule has 4 N–H and O–H groups in total. The number of nitrogens with one attached hydrogen (secondary N) is 2. The van der Waals surface area contributed by atoms with Crippen LogP contribution in [-0.2, 0) is 9.59 Å². The Hall–Kier alpha value is -1.37. The van der Waals surface area contributed by atoms with Crippen LogP contribution in [0.25, 0.3) is 0 Å². The zero-order chi connectivity index (χ0) is 15.2. The van der Waals surface area contributed by atoms with Crippen LogP contribution in [-0.4, -0.2) is 29.4 Å². The molecule has 1 aromatic heterocycles. The largest absolute Gasteiger partial charge is 0.354 e. The Morgan fingerprint density at radius 3 is 2.27 bits per heavy atom. The summed E-state index contributed by atoms with van der Waals surface area (Å²) in [6.45, 7) is 5.95. The normalized spacial score (nSPS) is 11.5. The van der Waals surface area contributed by atoms with E-state index in [0.717, 1.165) is 0 Å². The van der Waals surface area contributed by atoms with Crippen molar-refractivity contribution < 1.29 is 9.59 Å². The average molecular weight is 351 g/mol. The van der Waals surface area contributed by atoms with E-state index >= 15 is 0 Å². The monoisotopic (exact) mass is 350 g/mol. The first-order valence-corrected chi connectivity index (χ1v) is 6.54. The molecule has 0 spiro atoms. The van der Waals surface area contributed by atoms with Gasteiger partial charge in [0.25, 0.3) is 0 Å². The Labute approximate surface area is 143 Å². The highest BCUT2D eigenvalue weighted by atomic mass is 35.5. The van der Waals surface area contributed by atoms with Gasteiger partial charge in [0.2, 0.25) is 11.8 Å². The third-order valence-corrected chi connectivity index (χ3v) is 2.83. The van der Waals surface area contributed by atoms with E-state index < -0.39 is 6.04 Å². The highest BCUT2D eigenvalue weighted by Crippen LogP contribution is 2.17. The number of nitrogens with zero attached hydrogens (tertiary/aromatic N) is 1. The molecule has 0 aliphatic rings. The Bertz CT molecular complexity index is 464. The molecule has 0 saturated carbocycles. The first-order valence-electron chi connectivity index (χ1n) is 6.54. The number of rotatable bonds is 5. The Kier molecular flexibility index (Phi) is 10.8. The lowest BCUT2D eigenvalue weighted by Gasteiger charge is -2.25. The summed E-state index contributed by atoms with van der Waals surface area (Å²) in [7, 11) is 0. The van der Waals surface area contributed by atoms with Crippen molar-refractivity contribution in [2.24, 2.45) is 11.1 Å². The van der Waals surface area contributed by atoms with Crippen molar-refractivity contribution in [1.82, 2.24) is 10.3 Å². The predicted octanol–water partition coefficient (Wildman–Crippen LogP) is 1.74. The van der Waals surface area contributed by atoms with E-state index in [1.165, 1.54) is 0 Å². The predicted molar refractivity (Wildman–Crippen MR) is 92.4 cm³/mol. The van der Waals surface area contributed by atoms with Crippen LogP contribution in [0.15, 0.2) is 24.5 Å². The highest BCUT2D eigenvalue weighted by Gasteiger charge is 2.27. The molecule has 2 amide bonds. The van der Waals surface area contributed by atoms with E-state index in [9.17, 15) is 9.59 Å². The lowest BCUT2D eigenvalue weighted by atomic mass is 9.87. The first kappa shape index (κ1) is 22.9. The maximum absolute atomic E-state index is 11.8. The van der Waals surface area contributed by atoms with Crippen molar-refractivity contribution >= 4 is 42.3 Å². The lowest BCUT2D eigenvalue weighted by Crippen LogP contribution is -2.49. The molecule has 0 aliphatic carbocycles. The highest BCUT2D eigenvalue weighted by molar-refractivity contribution is 5.91. The zero-order valence-electron chi connectivity index (χ0n) is 13.0. The summed E-state index contributed by atoms with van der Waals surface area (Å²) in [5.41, 5.74) is 6.20. The molecular formula is C14H24Cl2N4O2. The molecule has 1 atom stereocenters. The summed E-state index contributed by atoms with van der Waals surface area (Å²) in [5, 5.41) is 5.38. The molecule has 1 heterocycles. The summed E-state index contributed by atoms with van der Waals surface area (Å²) in [6, 6.07) is 2.81. The number of halogens is 2. The van der Waals surface area contributed by atoms with Crippen LogP contribution in [0.4, 0.5) is 5.69 Å². The molecule has 0 saturated heterocycles. The van der Waals surface area contributed by atoms with Crippen LogP contribution < -0.4 is 16.4 Å². The van der Waals surface area contributed by atoms with E-state index in [1.807, 2.05) is 20.8 Å². The second kappa shape index (κ2) is 10.4. The number of anilines is 1. The molecule has 0 fully saturated rings. The quantitative estimate of drug-likeness (QED) is 0.753. The zero-order valence-corrected chi connectivity index (χ0v) is 14.6. The van der Waals surface area contributed by atoms with Crippen LogP contribution >= 0.6 is 24.8 Å². The van der Waals surface area contributed by atoms with Crippen molar-refractivity contribution in [3.8, 4) is 0 Å². The van der Waals surface area contributed by atoms with E-state index in [1.54, 1.807) is 24.5 Å². The fourth-order valence-electron chi connectivity index (χ4n) is 1.46. The molecule has 0 aromatic carbocycles. The number of nitrogens with two attached hydrogens (primary N) is 1. The maximum Gasteiger partial charge on any atom is 0.237 e. The third-order valence-electron chi connectivity index (χ3n) is 2.83. The van der Waals surface area contributed by atoms with Crippen molar-refractivity contribution in [3.05, 3.63) is 24.5 Å². The number of amides is 2. The molecule has 22 heavy (non-hydrogen) atoms. The second-order valence-electron chi connectivity index (χ2n) is 5.67. The lowest BCUT2D eigenvalue weighted by molar-refractivity contribution is -0.124. The van der Waals surface area contributed by atoms with Crippen molar-refractivity contribution in [1.29, 1.82) is 0 Å². The summed E-state index contributed by atoms with van der Waals surface area (Å²) >= 11 is 0. The van der Waals surface area contributed by atoms with Gasteiger partial charge in [0.15, 0.2) is 0 Å². The minimum Gasteiger partial charge on any atom is -0.354 e. The topological polar surface area (TPSA) is 97.1 Å².